The van der Waals surface area contributed by atoms with Gasteiger partial charge in [0.2, 0.25) is 0 Å². The van der Waals surface area contributed by atoms with Gasteiger partial charge in [-0.1, -0.05) is 30.3 Å². The summed E-state index contributed by atoms with van der Waals surface area (Å²) in [6.45, 7) is 3.99. The number of benzene rings is 2. The molecule has 1 unspecified atom stereocenters. The lowest BCUT2D eigenvalue weighted by atomic mass is 10.1. The van der Waals surface area contributed by atoms with E-state index in [2.05, 4.69) is 12.1 Å². The highest BCUT2D eigenvalue weighted by atomic mass is 16.6. The van der Waals surface area contributed by atoms with Gasteiger partial charge in [-0.15, -0.1) is 0 Å². The summed E-state index contributed by atoms with van der Waals surface area (Å²) in [7, 11) is 0. The smallest absolute Gasteiger partial charge is 0.254 e. The third kappa shape index (κ3) is 4.42. The molecule has 0 radical (unpaired) electrons. The van der Waals surface area contributed by atoms with Gasteiger partial charge in [-0.2, -0.15) is 0 Å². The molecule has 0 aromatic heterocycles. The van der Waals surface area contributed by atoms with Crippen molar-refractivity contribution in [3.63, 3.8) is 0 Å². The van der Waals surface area contributed by atoms with Crippen LogP contribution in [0.1, 0.15) is 22.3 Å². The molecule has 0 saturated carbocycles. The zero-order valence-corrected chi connectivity index (χ0v) is 15.4. The minimum absolute atomic E-state index is 0.0369. The topological polar surface area (TPSA) is 48.0 Å². The van der Waals surface area contributed by atoms with E-state index in [9.17, 15) is 4.79 Å². The van der Waals surface area contributed by atoms with E-state index in [1.165, 1.54) is 5.56 Å². The molecule has 27 heavy (non-hydrogen) atoms. The normalized spacial score (nSPS) is 18.3. The molecule has 5 nitrogen and oxygen atoms in total. The van der Waals surface area contributed by atoms with Crippen molar-refractivity contribution in [3.8, 4) is 11.5 Å². The number of fused-ring (bicyclic) bond motifs is 1. The number of carbonyl (C=O) groups is 1. The molecule has 2 aromatic carbocycles. The Morgan fingerprint density at radius 1 is 1.00 bits per heavy atom. The van der Waals surface area contributed by atoms with Gasteiger partial charge in [0.1, 0.15) is 13.2 Å². The van der Waals surface area contributed by atoms with Crippen LogP contribution in [0.4, 0.5) is 0 Å². The lowest BCUT2D eigenvalue weighted by Gasteiger charge is -2.26. The molecule has 2 aromatic rings. The zero-order valence-electron chi connectivity index (χ0n) is 15.4. The lowest BCUT2D eigenvalue weighted by Crippen LogP contribution is -2.37. The molecule has 2 aliphatic heterocycles. The van der Waals surface area contributed by atoms with Gasteiger partial charge in [0.15, 0.2) is 11.5 Å². The molecule has 5 heteroatoms. The molecule has 2 heterocycles. The Morgan fingerprint density at radius 2 is 1.81 bits per heavy atom. The quantitative estimate of drug-likeness (QED) is 0.787. The van der Waals surface area contributed by atoms with E-state index in [1.54, 1.807) is 6.07 Å². The monoisotopic (exact) mass is 367 g/mol. The Bertz CT molecular complexity index is 771. The maximum absolute atomic E-state index is 13.2. The second-order valence-corrected chi connectivity index (χ2v) is 7.07. The molecule has 1 atom stereocenters. The molecular formula is C22H25NO4. The lowest BCUT2D eigenvalue weighted by molar-refractivity contribution is 0.0721. The molecule has 2 aliphatic rings. The maximum Gasteiger partial charge on any atom is 0.254 e. The first-order valence-corrected chi connectivity index (χ1v) is 9.60. The van der Waals surface area contributed by atoms with Crippen LogP contribution in [0.5, 0.6) is 11.5 Å². The van der Waals surface area contributed by atoms with Crippen molar-refractivity contribution >= 4 is 5.91 Å². The van der Waals surface area contributed by atoms with E-state index in [0.29, 0.717) is 42.7 Å². The van der Waals surface area contributed by atoms with Gasteiger partial charge in [-0.25, -0.2) is 0 Å². The van der Waals surface area contributed by atoms with Gasteiger partial charge in [0, 0.05) is 31.2 Å². The van der Waals surface area contributed by atoms with Crippen LogP contribution in [0.15, 0.2) is 48.5 Å². The molecule has 0 aliphatic carbocycles. The number of nitrogens with zero attached hydrogens (tertiary/aromatic N) is 1. The molecule has 1 amide bonds. The summed E-state index contributed by atoms with van der Waals surface area (Å²) in [5.41, 5.74) is 1.88. The molecule has 0 N–H and O–H groups in total. The third-order valence-electron chi connectivity index (χ3n) is 5.09. The largest absolute Gasteiger partial charge is 0.486 e. The summed E-state index contributed by atoms with van der Waals surface area (Å²) in [6, 6.07) is 15.7. The fourth-order valence-corrected chi connectivity index (χ4v) is 3.58. The van der Waals surface area contributed by atoms with Crippen LogP contribution >= 0.6 is 0 Å². The predicted octanol–water partition coefficient (Wildman–Crippen LogP) is 3.18. The molecule has 4 rings (SSSR count). The fourth-order valence-electron chi connectivity index (χ4n) is 3.58. The van der Waals surface area contributed by atoms with Gasteiger partial charge in [0.25, 0.3) is 5.91 Å². The molecule has 1 fully saturated rings. The highest BCUT2D eigenvalue weighted by Crippen LogP contribution is 2.31. The third-order valence-corrected chi connectivity index (χ3v) is 5.09. The van der Waals surface area contributed by atoms with Crippen LogP contribution in [-0.4, -0.2) is 50.3 Å². The number of rotatable bonds is 6. The Hall–Kier alpha value is -2.53. The Labute approximate surface area is 159 Å². The second kappa shape index (κ2) is 8.44. The summed E-state index contributed by atoms with van der Waals surface area (Å²) in [4.78, 5) is 15.2. The summed E-state index contributed by atoms with van der Waals surface area (Å²) < 4.78 is 16.7. The van der Waals surface area contributed by atoms with E-state index in [-0.39, 0.29) is 5.91 Å². The van der Waals surface area contributed by atoms with E-state index in [4.69, 9.17) is 14.2 Å². The molecular weight excluding hydrogens is 342 g/mol. The minimum Gasteiger partial charge on any atom is -0.486 e. The van der Waals surface area contributed by atoms with Crippen LogP contribution in [-0.2, 0) is 11.2 Å². The second-order valence-electron chi connectivity index (χ2n) is 7.07. The van der Waals surface area contributed by atoms with Crippen LogP contribution in [0, 0.1) is 5.92 Å². The SMILES string of the molecule is O=C(c1ccc2c(c1)OCCO2)N(CCc1ccccc1)CC1CCOC1. The highest BCUT2D eigenvalue weighted by Gasteiger charge is 2.24. The number of hydrogen-bond donors (Lipinski definition) is 0. The predicted molar refractivity (Wildman–Crippen MR) is 102 cm³/mol. The summed E-state index contributed by atoms with van der Waals surface area (Å²) in [6.07, 6.45) is 1.85. The van der Waals surface area contributed by atoms with E-state index in [1.807, 2.05) is 35.2 Å². The van der Waals surface area contributed by atoms with Gasteiger partial charge in [0.05, 0.1) is 6.61 Å². The Morgan fingerprint density at radius 3 is 2.59 bits per heavy atom. The van der Waals surface area contributed by atoms with E-state index < -0.39 is 0 Å². The first-order chi connectivity index (χ1) is 13.3. The van der Waals surface area contributed by atoms with Crippen molar-refractivity contribution in [2.24, 2.45) is 5.92 Å². The molecule has 1 saturated heterocycles. The molecule has 0 spiro atoms. The number of carbonyl (C=O) groups excluding carboxylic acids is 1. The first kappa shape index (κ1) is 17.9. The van der Waals surface area contributed by atoms with Crippen LogP contribution in [0.2, 0.25) is 0 Å². The zero-order chi connectivity index (χ0) is 18.5. The van der Waals surface area contributed by atoms with Crippen LogP contribution in [0.3, 0.4) is 0 Å². The standard InChI is InChI=1S/C22H25NO4/c24-22(19-6-7-20-21(14-19)27-13-12-26-20)23(15-18-9-11-25-16-18)10-8-17-4-2-1-3-5-17/h1-7,14,18H,8-13,15-16H2. The molecule has 142 valence electrons. The van der Waals surface area contributed by atoms with Gasteiger partial charge < -0.3 is 19.1 Å². The van der Waals surface area contributed by atoms with Crippen LogP contribution < -0.4 is 9.47 Å². The van der Waals surface area contributed by atoms with Gasteiger partial charge >= 0.3 is 0 Å². The summed E-state index contributed by atoms with van der Waals surface area (Å²) in [5, 5.41) is 0. The number of ether oxygens (including phenoxy) is 3. The van der Waals surface area contributed by atoms with Gasteiger partial charge in [-0.05, 0) is 36.6 Å². The first-order valence-electron chi connectivity index (χ1n) is 9.60. The van der Waals surface area contributed by atoms with Gasteiger partial charge in [-0.3, -0.25) is 4.79 Å². The Balaban J connectivity index is 1.50. The average molecular weight is 367 g/mol. The highest BCUT2D eigenvalue weighted by molar-refractivity contribution is 5.95. The van der Waals surface area contributed by atoms with Crippen molar-refractivity contribution in [2.75, 3.05) is 39.5 Å². The van der Waals surface area contributed by atoms with Crippen molar-refractivity contribution in [2.45, 2.75) is 12.8 Å². The van der Waals surface area contributed by atoms with Crippen molar-refractivity contribution in [1.82, 2.24) is 4.90 Å². The fraction of sp³-hybridized carbons (Fsp3) is 0.409. The minimum atomic E-state index is 0.0369. The van der Waals surface area contributed by atoms with E-state index in [0.717, 1.165) is 32.6 Å². The summed E-state index contributed by atoms with van der Waals surface area (Å²) in [5.74, 6) is 1.80. The van der Waals surface area contributed by atoms with E-state index >= 15 is 0 Å². The van der Waals surface area contributed by atoms with Crippen molar-refractivity contribution in [3.05, 3.63) is 59.7 Å². The number of hydrogen-bond acceptors (Lipinski definition) is 4. The maximum atomic E-state index is 13.2. The van der Waals surface area contributed by atoms with Crippen molar-refractivity contribution < 1.29 is 19.0 Å². The number of amides is 1. The average Bonchev–Trinajstić information content (AvgIpc) is 3.24. The van der Waals surface area contributed by atoms with Crippen LogP contribution in [0.25, 0.3) is 0 Å². The summed E-state index contributed by atoms with van der Waals surface area (Å²) >= 11 is 0. The Kier molecular flexibility index (Phi) is 5.58. The van der Waals surface area contributed by atoms with Crippen molar-refractivity contribution in [1.29, 1.82) is 0 Å². The molecule has 0 bridgehead atoms.